The number of hydrogen-bond donors (Lipinski definition) is 1. The highest BCUT2D eigenvalue weighted by Gasteiger charge is 2.46. The van der Waals surface area contributed by atoms with Crippen molar-refractivity contribution >= 4 is 5.91 Å². The van der Waals surface area contributed by atoms with Gasteiger partial charge in [0.2, 0.25) is 0 Å². The van der Waals surface area contributed by atoms with Gasteiger partial charge in [-0.15, -0.1) is 0 Å². The average Bonchev–Trinajstić information content (AvgIpc) is 3.17. The number of carbonyl (C=O) groups is 1. The monoisotopic (exact) mass is 410 g/mol. The molecule has 0 radical (unpaired) electrons. The van der Waals surface area contributed by atoms with Crippen LogP contribution in [0.2, 0.25) is 0 Å². The van der Waals surface area contributed by atoms with Crippen molar-refractivity contribution in [3.05, 3.63) is 58.9 Å². The largest absolute Gasteiger partial charge is 0.417 e. The van der Waals surface area contributed by atoms with Gasteiger partial charge in [-0.3, -0.25) is 4.79 Å². The third kappa shape index (κ3) is 4.39. The highest BCUT2D eigenvalue weighted by Crippen LogP contribution is 2.41. The summed E-state index contributed by atoms with van der Waals surface area (Å²) in [4.78, 5) is 15.1. The number of nitrogens with zero attached hydrogens (tertiary/aromatic N) is 1. The molecule has 0 spiro atoms. The number of amides is 1. The van der Waals surface area contributed by atoms with Crippen molar-refractivity contribution in [1.29, 1.82) is 0 Å². The Bertz CT molecular complexity index is 821. The van der Waals surface area contributed by atoms with Crippen molar-refractivity contribution in [2.75, 3.05) is 14.1 Å². The SMILES string of the molecule is CN(C)C1(C(NC(=O)c2ccc(F)cc2C(F)(F)F)C2=CC=CCC2)CCCC1. The Morgan fingerprint density at radius 1 is 1.21 bits per heavy atom. The Hall–Kier alpha value is -2.15. The normalized spacial score (nSPS) is 19.9. The fourth-order valence-electron chi connectivity index (χ4n) is 4.57. The first-order valence-corrected chi connectivity index (χ1v) is 9.86. The molecular formula is C22H26F4N2O. The molecule has 0 aromatic heterocycles. The van der Waals surface area contributed by atoms with Crippen LogP contribution in [0.4, 0.5) is 17.6 Å². The van der Waals surface area contributed by atoms with Gasteiger partial charge >= 0.3 is 6.18 Å². The second-order valence-electron chi connectivity index (χ2n) is 8.01. The summed E-state index contributed by atoms with van der Waals surface area (Å²) in [5.74, 6) is -1.85. The minimum atomic E-state index is -4.82. The van der Waals surface area contributed by atoms with Crippen LogP contribution in [0, 0.1) is 5.82 Å². The summed E-state index contributed by atoms with van der Waals surface area (Å²) in [5.41, 5.74) is -1.16. The summed E-state index contributed by atoms with van der Waals surface area (Å²) in [6.45, 7) is 0. The van der Waals surface area contributed by atoms with Crippen LogP contribution in [-0.4, -0.2) is 36.5 Å². The van der Waals surface area contributed by atoms with Crippen LogP contribution in [0.25, 0.3) is 0 Å². The molecule has 7 heteroatoms. The first-order chi connectivity index (χ1) is 13.6. The van der Waals surface area contributed by atoms with E-state index in [9.17, 15) is 22.4 Å². The van der Waals surface area contributed by atoms with Crippen molar-refractivity contribution in [2.24, 2.45) is 0 Å². The molecule has 1 aromatic carbocycles. The Kier molecular flexibility index (Phi) is 6.17. The van der Waals surface area contributed by atoms with Crippen molar-refractivity contribution in [2.45, 2.75) is 56.3 Å². The van der Waals surface area contributed by atoms with E-state index >= 15 is 0 Å². The van der Waals surface area contributed by atoms with Crippen LogP contribution in [0.5, 0.6) is 0 Å². The molecule has 0 saturated heterocycles. The smallest absolute Gasteiger partial charge is 0.344 e. The Labute approximate surface area is 168 Å². The van der Waals surface area contributed by atoms with Gasteiger partial charge in [-0.05, 0) is 63.6 Å². The van der Waals surface area contributed by atoms with E-state index in [1.165, 1.54) is 0 Å². The lowest BCUT2D eigenvalue weighted by Gasteiger charge is -2.45. The molecule has 1 saturated carbocycles. The number of carbonyl (C=O) groups excluding carboxylic acids is 1. The van der Waals surface area contributed by atoms with Crippen LogP contribution in [0.15, 0.2) is 42.0 Å². The minimum absolute atomic E-state index is 0.356. The Morgan fingerprint density at radius 3 is 2.45 bits per heavy atom. The van der Waals surface area contributed by atoms with E-state index in [1.54, 1.807) is 0 Å². The summed E-state index contributed by atoms with van der Waals surface area (Å²) in [6, 6.07) is 1.77. The zero-order valence-electron chi connectivity index (χ0n) is 16.7. The van der Waals surface area contributed by atoms with Crippen molar-refractivity contribution in [3.8, 4) is 0 Å². The van der Waals surface area contributed by atoms with Gasteiger partial charge < -0.3 is 10.2 Å². The second-order valence-corrected chi connectivity index (χ2v) is 8.01. The van der Waals surface area contributed by atoms with E-state index in [2.05, 4.69) is 10.2 Å². The number of halogens is 4. The summed E-state index contributed by atoms with van der Waals surface area (Å²) < 4.78 is 53.7. The first-order valence-electron chi connectivity index (χ1n) is 9.86. The zero-order chi connectivity index (χ0) is 21.2. The molecule has 29 heavy (non-hydrogen) atoms. The summed E-state index contributed by atoms with van der Waals surface area (Å²) in [7, 11) is 3.89. The maximum absolute atomic E-state index is 13.5. The van der Waals surface area contributed by atoms with Crippen molar-refractivity contribution in [3.63, 3.8) is 0 Å². The van der Waals surface area contributed by atoms with Gasteiger partial charge in [-0.2, -0.15) is 13.2 Å². The molecule has 1 unspecified atom stereocenters. The highest BCUT2D eigenvalue weighted by molar-refractivity contribution is 5.96. The Balaban J connectivity index is 2.00. The van der Waals surface area contributed by atoms with E-state index in [4.69, 9.17) is 0 Å². The quantitative estimate of drug-likeness (QED) is 0.686. The van der Waals surface area contributed by atoms with E-state index in [1.807, 2.05) is 32.3 Å². The van der Waals surface area contributed by atoms with Crippen molar-refractivity contribution in [1.82, 2.24) is 10.2 Å². The molecule has 1 fully saturated rings. The average molecular weight is 410 g/mol. The van der Waals surface area contributed by atoms with Gasteiger partial charge in [0.15, 0.2) is 0 Å². The predicted molar refractivity (Wildman–Crippen MR) is 104 cm³/mol. The van der Waals surface area contributed by atoms with Gasteiger partial charge in [-0.25, -0.2) is 4.39 Å². The van der Waals surface area contributed by atoms with Crippen LogP contribution in [-0.2, 0) is 6.18 Å². The fraction of sp³-hybridized carbons (Fsp3) is 0.500. The van der Waals surface area contributed by atoms with Gasteiger partial charge in [-0.1, -0.05) is 31.1 Å². The zero-order valence-corrected chi connectivity index (χ0v) is 16.7. The number of benzene rings is 1. The Morgan fingerprint density at radius 2 is 1.90 bits per heavy atom. The van der Waals surface area contributed by atoms with Gasteiger partial charge in [0, 0.05) is 5.54 Å². The maximum Gasteiger partial charge on any atom is 0.417 e. The summed E-state index contributed by atoms with van der Waals surface area (Å²) in [6.07, 6.45) is 6.35. The molecule has 1 amide bonds. The maximum atomic E-state index is 13.5. The molecule has 3 rings (SSSR count). The standard InChI is InChI=1S/C22H26F4N2O/c1-28(2)21(12-6-7-13-21)19(15-8-4-3-5-9-15)27-20(29)17-11-10-16(23)14-18(17)22(24,25)26/h3-4,8,10-11,14,19H,5-7,9,12-13H2,1-2H3,(H,27,29). The van der Waals surface area contributed by atoms with Gasteiger partial charge in [0.05, 0.1) is 17.2 Å². The summed E-state index contributed by atoms with van der Waals surface area (Å²) >= 11 is 0. The predicted octanol–water partition coefficient (Wildman–Crippen LogP) is 5.09. The van der Waals surface area contributed by atoms with E-state index in [0.717, 1.165) is 56.2 Å². The molecule has 1 atom stereocenters. The topological polar surface area (TPSA) is 32.3 Å². The fourth-order valence-corrected chi connectivity index (χ4v) is 4.57. The third-order valence-electron chi connectivity index (χ3n) is 6.12. The lowest BCUT2D eigenvalue weighted by Crippen LogP contribution is -2.59. The number of hydrogen-bond acceptors (Lipinski definition) is 2. The van der Waals surface area contributed by atoms with Gasteiger partial charge in [0.1, 0.15) is 5.82 Å². The third-order valence-corrected chi connectivity index (χ3v) is 6.12. The van der Waals surface area contributed by atoms with E-state index in [-0.39, 0.29) is 5.54 Å². The molecule has 2 aliphatic carbocycles. The van der Waals surface area contributed by atoms with Crippen LogP contribution in [0.1, 0.15) is 54.4 Å². The molecule has 0 bridgehead atoms. The van der Waals surface area contributed by atoms with Crippen LogP contribution in [0.3, 0.4) is 0 Å². The van der Waals surface area contributed by atoms with Crippen LogP contribution < -0.4 is 5.32 Å². The molecule has 0 heterocycles. The molecule has 1 aromatic rings. The number of likely N-dealkylation sites (N-methyl/N-ethyl adjacent to an activating group) is 1. The molecule has 1 N–H and O–H groups in total. The number of nitrogens with one attached hydrogen (secondary N) is 1. The molecular weight excluding hydrogens is 384 g/mol. The second kappa shape index (κ2) is 8.30. The van der Waals surface area contributed by atoms with Crippen LogP contribution >= 0.6 is 0 Å². The van der Waals surface area contributed by atoms with Gasteiger partial charge in [0.25, 0.3) is 5.91 Å². The first kappa shape index (κ1) is 21.6. The number of alkyl halides is 3. The molecule has 158 valence electrons. The molecule has 2 aliphatic rings. The molecule has 3 nitrogen and oxygen atoms in total. The lowest BCUT2D eigenvalue weighted by molar-refractivity contribution is -0.138. The molecule has 0 aliphatic heterocycles. The van der Waals surface area contributed by atoms with Crippen molar-refractivity contribution < 1.29 is 22.4 Å². The summed E-state index contributed by atoms with van der Waals surface area (Å²) in [5, 5.41) is 2.89. The van der Waals surface area contributed by atoms with E-state index < -0.39 is 35.1 Å². The number of allylic oxidation sites excluding steroid dienone is 3. The highest BCUT2D eigenvalue weighted by atomic mass is 19.4. The number of rotatable bonds is 5. The minimum Gasteiger partial charge on any atom is -0.344 e. The van der Waals surface area contributed by atoms with E-state index in [0.29, 0.717) is 6.07 Å². The lowest BCUT2D eigenvalue weighted by atomic mass is 9.79.